The number of rotatable bonds is 5. The number of halogens is 4. The lowest BCUT2D eigenvalue weighted by Gasteiger charge is -2.20. The van der Waals surface area contributed by atoms with Crippen LogP contribution in [-0.4, -0.2) is 5.97 Å². The molecule has 5 nitrogen and oxygen atoms in total. The van der Waals surface area contributed by atoms with Crippen LogP contribution in [0.3, 0.4) is 0 Å². The van der Waals surface area contributed by atoms with E-state index >= 15 is 0 Å². The summed E-state index contributed by atoms with van der Waals surface area (Å²) in [5, 5.41) is 12.5. The van der Waals surface area contributed by atoms with Crippen molar-refractivity contribution >= 4 is 18.0 Å². The Labute approximate surface area is 132 Å². The molecule has 0 atom stereocenters. The summed E-state index contributed by atoms with van der Waals surface area (Å²) < 4.78 is 63.2. The van der Waals surface area contributed by atoms with Gasteiger partial charge >= 0.3 is 5.97 Å². The number of benzene rings is 1. The predicted molar refractivity (Wildman–Crippen MR) is 66.5 cm³/mol. The summed E-state index contributed by atoms with van der Waals surface area (Å²) in [5.41, 5.74) is 0. The molecule has 2 rings (SSSR count). The molecule has 23 heavy (non-hydrogen) atoms. The molecule has 1 saturated carbocycles. The van der Waals surface area contributed by atoms with Gasteiger partial charge in [-0.1, -0.05) is 19.3 Å². The second-order valence-corrected chi connectivity index (χ2v) is 5.60. The molecular weight excluding hydrogens is 344 g/mol. The van der Waals surface area contributed by atoms with Gasteiger partial charge in [-0.05, 0) is 12.8 Å². The Kier molecular flexibility index (Phi) is 6.22. The molecule has 0 N–H and O–H groups in total. The summed E-state index contributed by atoms with van der Waals surface area (Å²) in [4.78, 5) is 10.6. The first kappa shape index (κ1) is 18.0. The van der Waals surface area contributed by atoms with E-state index in [4.69, 9.17) is 0 Å². The molecule has 0 saturated heterocycles. The average molecular weight is 355 g/mol. The van der Waals surface area contributed by atoms with Crippen LogP contribution >= 0.6 is 12.0 Å². The van der Waals surface area contributed by atoms with E-state index < -0.39 is 45.8 Å². The minimum Gasteiger partial charge on any atom is -0.691 e. The quantitative estimate of drug-likeness (QED) is 0.154. The van der Waals surface area contributed by atoms with Crippen LogP contribution in [0.2, 0.25) is 0 Å². The zero-order chi connectivity index (χ0) is 17.0. The summed E-state index contributed by atoms with van der Waals surface area (Å²) in [6, 6.07) is 0. The van der Waals surface area contributed by atoms with Gasteiger partial charge < -0.3 is 9.99 Å². The van der Waals surface area contributed by atoms with Gasteiger partial charge in [0.25, 0.3) is 0 Å². The van der Waals surface area contributed by atoms with E-state index in [0.717, 1.165) is 19.3 Å². The fraction of sp³-hybridized carbons (Fsp3) is 0.462. The first-order valence-corrected chi connectivity index (χ1v) is 7.42. The van der Waals surface area contributed by atoms with Crippen LogP contribution in [0.25, 0.3) is 0 Å². The van der Waals surface area contributed by atoms with Crippen molar-refractivity contribution in [3.05, 3.63) is 23.3 Å². The summed E-state index contributed by atoms with van der Waals surface area (Å²) >= 11 is -0.348. The standard InChI is InChI=1S/C13H12F4O5S/c14-7-9(16)12(23-22-21-19)10(17)8(15)11(7)20-13(18)6-4-2-1-3-5-6/h6,19H,1-5H2/p-1. The topological polar surface area (TPSA) is 67.8 Å². The van der Waals surface area contributed by atoms with Crippen molar-refractivity contribution < 1.29 is 41.7 Å². The molecule has 0 heterocycles. The van der Waals surface area contributed by atoms with Crippen molar-refractivity contribution in [1.29, 1.82) is 0 Å². The molecule has 0 unspecified atom stereocenters. The highest BCUT2D eigenvalue weighted by atomic mass is 32.2. The van der Waals surface area contributed by atoms with Gasteiger partial charge in [0.15, 0.2) is 11.6 Å². The Morgan fingerprint density at radius 3 is 2.09 bits per heavy atom. The number of ether oxygens (including phenoxy) is 1. The maximum Gasteiger partial charge on any atom is 0.314 e. The monoisotopic (exact) mass is 355 g/mol. The van der Waals surface area contributed by atoms with Crippen LogP contribution in [0.15, 0.2) is 4.90 Å². The highest BCUT2D eigenvalue weighted by Gasteiger charge is 2.31. The second kappa shape index (κ2) is 7.95. The smallest absolute Gasteiger partial charge is 0.314 e. The highest BCUT2D eigenvalue weighted by Crippen LogP contribution is 2.36. The van der Waals surface area contributed by atoms with Crippen LogP contribution in [0.5, 0.6) is 5.75 Å². The SMILES string of the molecule is O=C(Oc1c(F)c(F)c(SOO[O-])c(F)c1F)C1CCCCC1. The molecule has 1 aliphatic carbocycles. The Morgan fingerprint density at radius 1 is 1.00 bits per heavy atom. The number of carbonyl (C=O) groups excluding carboxylic acids is 1. The molecule has 128 valence electrons. The number of carbonyl (C=O) groups is 1. The minimum absolute atomic E-state index is 0.348. The Hall–Kier alpha value is -1.36. The molecule has 1 aromatic carbocycles. The van der Waals surface area contributed by atoms with Gasteiger partial charge in [-0.2, -0.15) is 13.1 Å². The fourth-order valence-corrected chi connectivity index (χ4v) is 2.75. The molecular formula is C13H11F4O5S-. The van der Waals surface area contributed by atoms with E-state index in [2.05, 4.69) is 14.1 Å². The number of esters is 1. The molecule has 0 spiro atoms. The van der Waals surface area contributed by atoms with E-state index in [1.807, 2.05) is 0 Å². The fourth-order valence-electron chi connectivity index (χ4n) is 2.32. The third kappa shape index (κ3) is 3.94. The maximum atomic E-state index is 13.8. The van der Waals surface area contributed by atoms with Gasteiger partial charge in [0.1, 0.15) is 4.90 Å². The Bertz CT molecular complexity index is 563. The van der Waals surface area contributed by atoms with Gasteiger partial charge in [0.05, 0.1) is 18.0 Å². The second-order valence-electron chi connectivity index (χ2n) is 4.89. The molecule has 1 aromatic rings. The zero-order valence-corrected chi connectivity index (χ0v) is 12.4. The van der Waals surface area contributed by atoms with Gasteiger partial charge in [-0.25, -0.2) is 8.78 Å². The molecule has 10 heteroatoms. The Balaban J connectivity index is 2.26. The van der Waals surface area contributed by atoms with Crippen LogP contribution in [0.4, 0.5) is 17.6 Å². The van der Waals surface area contributed by atoms with Crippen molar-refractivity contribution in [2.75, 3.05) is 0 Å². The molecule has 0 amide bonds. The van der Waals surface area contributed by atoms with E-state index in [9.17, 15) is 27.6 Å². The Morgan fingerprint density at radius 2 is 1.57 bits per heavy atom. The van der Waals surface area contributed by atoms with Crippen molar-refractivity contribution in [1.82, 2.24) is 0 Å². The molecule has 0 radical (unpaired) electrons. The average Bonchev–Trinajstić information content (AvgIpc) is 2.57. The van der Waals surface area contributed by atoms with Crippen LogP contribution in [0, 0.1) is 29.2 Å². The van der Waals surface area contributed by atoms with Gasteiger partial charge in [-0.15, -0.1) is 0 Å². The molecule has 0 bridgehead atoms. The molecule has 0 aromatic heterocycles. The van der Waals surface area contributed by atoms with E-state index in [-0.39, 0.29) is 12.0 Å². The largest absolute Gasteiger partial charge is 0.691 e. The summed E-state index contributed by atoms with van der Waals surface area (Å²) in [6.45, 7) is 0. The molecule has 1 fully saturated rings. The van der Waals surface area contributed by atoms with Gasteiger partial charge in [-0.3, -0.25) is 9.83 Å². The normalized spacial score (nSPS) is 15.7. The first-order chi connectivity index (χ1) is 11.0. The predicted octanol–water partition coefficient (Wildman–Crippen LogP) is 2.96. The van der Waals surface area contributed by atoms with E-state index in [1.165, 1.54) is 0 Å². The number of hydrogen-bond donors (Lipinski definition) is 0. The highest BCUT2D eigenvalue weighted by molar-refractivity contribution is 7.94. The lowest BCUT2D eigenvalue weighted by Crippen LogP contribution is -2.24. The summed E-state index contributed by atoms with van der Waals surface area (Å²) in [6.07, 6.45) is 3.42. The van der Waals surface area contributed by atoms with Crippen LogP contribution in [-0.2, 0) is 14.2 Å². The van der Waals surface area contributed by atoms with E-state index in [1.54, 1.807) is 0 Å². The van der Waals surface area contributed by atoms with Crippen LogP contribution in [0.1, 0.15) is 32.1 Å². The van der Waals surface area contributed by atoms with Crippen molar-refractivity contribution in [2.24, 2.45) is 5.92 Å². The lowest BCUT2D eigenvalue weighted by molar-refractivity contribution is -0.777. The molecule has 1 aliphatic rings. The minimum atomic E-state index is -1.90. The van der Waals surface area contributed by atoms with Crippen molar-refractivity contribution in [3.63, 3.8) is 0 Å². The van der Waals surface area contributed by atoms with Crippen molar-refractivity contribution in [3.8, 4) is 5.75 Å². The maximum absolute atomic E-state index is 13.8. The summed E-state index contributed by atoms with van der Waals surface area (Å²) in [7, 11) is 0. The first-order valence-electron chi connectivity index (χ1n) is 6.68. The van der Waals surface area contributed by atoms with Crippen molar-refractivity contribution in [2.45, 2.75) is 37.0 Å². The third-order valence-corrected chi connectivity index (χ3v) is 4.12. The van der Waals surface area contributed by atoms with Gasteiger partial charge in [0, 0.05) is 0 Å². The molecule has 0 aliphatic heterocycles. The van der Waals surface area contributed by atoms with Gasteiger partial charge in [0.2, 0.25) is 17.4 Å². The summed E-state index contributed by atoms with van der Waals surface area (Å²) in [5.74, 6) is -10.5. The zero-order valence-electron chi connectivity index (χ0n) is 11.6. The van der Waals surface area contributed by atoms with Crippen LogP contribution < -0.4 is 9.99 Å². The van der Waals surface area contributed by atoms with E-state index in [0.29, 0.717) is 12.8 Å². The third-order valence-electron chi connectivity index (χ3n) is 3.47. The number of hydrogen-bond acceptors (Lipinski definition) is 6. The lowest BCUT2D eigenvalue weighted by atomic mass is 9.89.